The van der Waals surface area contributed by atoms with Crippen molar-refractivity contribution >= 4 is 11.6 Å². The lowest BCUT2D eigenvalue weighted by Crippen LogP contribution is -2.29. The van der Waals surface area contributed by atoms with Crippen molar-refractivity contribution in [2.45, 2.75) is 38.6 Å². The van der Waals surface area contributed by atoms with Crippen molar-refractivity contribution in [3.63, 3.8) is 0 Å². The molecule has 1 aromatic heterocycles. The number of piperidine rings is 1. The van der Waals surface area contributed by atoms with Crippen LogP contribution in [0.1, 0.15) is 37.1 Å². The number of anilines is 1. The number of aryl methyl sites for hydroxylation is 1. The number of methoxy groups -OCH3 is 1. The summed E-state index contributed by atoms with van der Waals surface area (Å²) in [5.41, 5.74) is 3.17. The van der Waals surface area contributed by atoms with Crippen LogP contribution in [-0.4, -0.2) is 36.2 Å². The summed E-state index contributed by atoms with van der Waals surface area (Å²) in [4.78, 5) is 19.0. The van der Waals surface area contributed by atoms with E-state index in [-0.39, 0.29) is 5.91 Å². The second-order valence-electron chi connectivity index (χ2n) is 7.73. The summed E-state index contributed by atoms with van der Waals surface area (Å²) < 4.78 is 10.5. The maximum absolute atomic E-state index is 12.1. The zero-order valence-electron chi connectivity index (χ0n) is 17.8. The van der Waals surface area contributed by atoms with E-state index in [0.29, 0.717) is 31.1 Å². The molecule has 0 unspecified atom stereocenters. The van der Waals surface area contributed by atoms with Crippen LogP contribution in [0.3, 0.4) is 0 Å². The van der Waals surface area contributed by atoms with Gasteiger partial charge in [0.1, 0.15) is 5.75 Å². The smallest absolute Gasteiger partial charge is 0.227 e. The number of rotatable bonds is 8. The molecular weight excluding hydrogens is 392 g/mol. The highest BCUT2D eigenvalue weighted by molar-refractivity contribution is 5.76. The van der Waals surface area contributed by atoms with Gasteiger partial charge in [0.25, 0.3) is 0 Å². The average Bonchev–Trinajstić information content (AvgIpc) is 3.31. The number of carbonyl (C=O) groups excluding carboxylic acids is 1. The minimum Gasteiger partial charge on any atom is -0.497 e. The van der Waals surface area contributed by atoms with Crippen LogP contribution in [0.4, 0.5) is 5.69 Å². The average molecular weight is 421 g/mol. The largest absolute Gasteiger partial charge is 0.497 e. The molecule has 1 aliphatic rings. The number of benzene rings is 2. The van der Waals surface area contributed by atoms with E-state index < -0.39 is 0 Å². The van der Waals surface area contributed by atoms with Gasteiger partial charge in [-0.15, -0.1) is 0 Å². The van der Waals surface area contributed by atoms with Gasteiger partial charge in [0.2, 0.25) is 17.6 Å². The van der Waals surface area contributed by atoms with E-state index in [4.69, 9.17) is 9.26 Å². The molecule has 0 saturated carbocycles. The Hall–Kier alpha value is -3.35. The molecule has 3 aromatic rings. The lowest BCUT2D eigenvalue weighted by Gasteiger charge is -2.28. The standard InChI is InChI=1S/C24H28N4O3/c1-30-21-11-5-18(6-12-21)17-25-22(29)13-14-23-26-24(27-31-23)19-7-9-20(10-8-19)28-15-3-2-4-16-28/h5-12H,2-4,13-17H2,1H3,(H,25,29). The third-order valence-corrected chi connectivity index (χ3v) is 5.53. The maximum Gasteiger partial charge on any atom is 0.227 e. The van der Waals surface area contributed by atoms with E-state index >= 15 is 0 Å². The Morgan fingerprint density at radius 1 is 1.06 bits per heavy atom. The minimum atomic E-state index is -0.0542. The molecule has 1 N–H and O–H groups in total. The molecule has 7 heteroatoms. The summed E-state index contributed by atoms with van der Waals surface area (Å²) in [5.74, 6) is 1.76. The number of nitrogens with zero attached hydrogens (tertiary/aromatic N) is 3. The Bertz CT molecular complexity index is 977. The van der Waals surface area contributed by atoms with Gasteiger partial charge in [0.15, 0.2) is 0 Å². The zero-order chi connectivity index (χ0) is 21.5. The van der Waals surface area contributed by atoms with E-state index in [2.05, 4.69) is 32.5 Å². The molecule has 0 aliphatic carbocycles. The van der Waals surface area contributed by atoms with E-state index in [9.17, 15) is 4.79 Å². The Labute approximate surface area is 182 Å². The second-order valence-corrected chi connectivity index (χ2v) is 7.73. The maximum atomic E-state index is 12.1. The topological polar surface area (TPSA) is 80.5 Å². The van der Waals surface area contributed by atoms with Gasteiger partial charge >= 0.3 is 0 Å². The Morgan fingerprint density at radius 2 is 1.81 bits per heavy atom. The molecule has 1 aliphatic heterocycles. The Balaban J connectivity index is 1.26. The summed E-state index contributed by atoms with van der Waals surface area (Å²) >= 11 is 0. The first-order valence-electron chi connectivity index (χ1n) is 10.8. The quantitative estimate of drug-likeness (QED) is 0.594. The Morgan fingerprint density at radius 3 is 2.52 bits per heavy atom. The molecule has 7 nitrogen and oxygen atoms in total. The van der Waals surface area contributed by atoms with Gasteiger partial charge in [-0.25, -0.2) is 0 Å². The molecule has 0 bridgehead atoms. The van der Waals surface area contributed by atoms with Crippen LogP contribution in [-0.2, 0) is 17.8 Å². The first kappa shape index (κ1) is 20.9. The first-order valence-corrected chi connectivity index (χ1v) is 10.8. The second kappa shape index (κ2) is 10.1. The van der Waals surface area contributed by atoms with Gasteiger partial charge in [-0.1, -0.05) is 17.3 Å². The van der Waals surface area contributed by atoms with Crippen LogP contribution < -0.4 is 15.0 Å². The van der Waals surface area contributed by atoms with E-state index in [0.717, 1.165) is 30.0 Å². The van der Waals surface area contributed by atoms with Gasteiger partial charge < -0.3 is 19.5 Å². The van der Waals surface area contributed by atoms with Crippen LogP contribution in [0.25, 0.3) is 11.4 Å². The molecule has 1 saturated heterocycles. The highest BCUT2D eigenvalue weighted by Gasteiger charge is 2.13. The van der Waals surface area contributed by atoms with Crippen molar-refractivity contribution < 1.29 is 14.1 Å². The van der Waals surface area contributed by atoms with Crippen molar-refractivity contribution in [1.29, 1.82) is 0 Å². The highest BCUT2D eigenvalue weighted by atomic mass is 16.5. The van der Waals surface area contributed by atoms with E-state index in [1.165, 1.54) is 24.9 Å². The summed E-state index contributed by atoms with van der Waals surface area (Å²) in [5, 5.41) is 6.98. The zero-order valence-corrected chi connectivity index (χ0v) is 17.8. The fraction of sp³-hybridized carbons (Fsp3) is 0.375. The number of hydrogen-bond acceptors (Lipinski definition) is 6. The third-order valence-electron chi connectivity index (χ3n) is 5.53. The number of hydrogen-bond donors (Lipinski definition) is 1. The Kier molecular flexibility index (Phi) is 6.82. The summed E-state index contributed by atoms with van der Waals surface area (Å²) in [6.45, 7) is 2.71. The highest BCUT2D eigenvalue weighted by Crippen LogP contribution is 2.24. The molecular formula is C24H28N4O3. The number of amides is 1. The summed E-state index contributed by atoms with van der Waals surface area (Å²) in [6, 6.07) is 15.9. The number of aromatic nitrogens is 2. The molecule has 4 rings (SSSR count). The summed E-state index contributed by atoms with van der Waals surface area (Å²) in [7, 11) is 1.63. The number of ether oxygens (including phenoxy) is 1. The lowest BCUT2D eigenvalue weighted by molar-refractivity contribution is -0.121. The minimum absolute atomic E-state index is 0.0542. The number of nitrogens with one attached hydrogen (secondary N) is 1. The van der Waals surface area contributed by atoms with Crippen LogP contribution in [0.2, 0.25) is 0 Å². The van der Waals surface area contributed by atoms with Gasteiger partial charge in [-0.3, -0.25) is 4.79 Å². The molecule has 1 amide bonds. The molecule has 0 spiro atoms. The third kappa shape index (κ3) is 5.63. The fourth-order valence-corrected chi connectivity index (χ4v) is 3.70. The molecule has 31 heavy (non-hydrogen) atoms. The van der Waals surface area contributed by atoms with Gasteiger partial charge in [0.05, 0.1) is 7.11 Å². The first-order chi connectivity index (χ1) is 15.2. The van der Waals surface area contributed by atoms with Crippen molar-refractivity contribution in [2.24, 2.45) is 0 Å². The van der Waals surface area contributed by atoms with Crippen molar-refractivity contribution in [2.75, 3.05) is 25.1 Å². The summed E-state index contributed by atoms with van der Waals surface area (Å²) in [6.07, 6.45) is 4.53. The van der Waals surface area contributed by atoms with Crippen LogP contribution in [0.5, 0.6) is 5.75 Å². The van der Waals surface area contributed by atoms with Gasteiger partial charge in [0, 0.05) is 43.7 Å². The van der Waals surface area contributed by atoms with Gasteiger partial charge in [-0.2, -0.15) is 4.98 Å². The van der Waals surface area contributed by atoms with Crippen molar-refractivity contribution in [3.8, 4) is 17.1 Å². The van der Waals surface area contributed by atoms with Crippen molar-refractivity contribution in [1.82, 2.24) is 15.5 Å². The monoisotopic (exact) mass is 420 g/mol. The predicted molar refractivity (Wildman–Crippen MR) is 119 cm³/mol. The van der Waals surface area contributed by atoms with E-state index in [1.807, 2.05) is 36.4 Å². The van der Waals surface area contributed by atoms with Crippen LogP contribution >= 0.6 is 0 Å². The predicted octanol–water partition coefficient (Wildman–Crippen LogP) is 3.98. The molecule has 2 heterocycles. The molecule has 2 aromatic carbocycles. The van der Waals surface area contributed by atoms with Crippen molar-refractivity contribution in [3.05, 3.63) is 60.0 Å². The normalized spacial score (nSPS) is 13.8. The lowest BCUT2D eigenvalue weighted by atomic mass is 10.1. The molecule has 1 fully saturated rings. The number of carbonyl (C=O) groups is 1. The fourth-order valence-electron chi connectivity index (χ4n) is 3.70. The SMILES string of the molecule is COc1ccc(CNC(=O)CCc2nc(-c3ccc(N4CCCCC4)cc3)no2)cc1. The van der Waals surface area contributed by atoms with Crippen LogP contribution in [0.15, 0.2) is 53.1 Å². The van der Waals surface area contributed by atoms with Gasteiger partial charge in [-0.05, 0) is 61.2 Å². The molecule has 0 radical (unpaired) electrons. The van der Waals surface area contributed by atoms with Crippen LogP contribution in [0, 0.1) is 0 Å². The van der Waals surface area contributed by atoms with E-state index in [1.54, 1.807) is 7.11 Å². The molecule has 0 atom stereocenters. The molecule has 162 valence electrons.